The molecule has 0 spiro atoms. The Kier molecular flexibility index (Phi) is 4.85. The summed E-state index contributed by atoms with van der Waals surface area (Å²) in [5.74, 6) is 0. The van der Waals surface area contributed by atoms with Crippen molar-refractivity contribution in [3.8, 4) is 0 Å². The molecule has 0 aromatic carbocycles. The molecule has 0 aromatic rings. The van der Waals surface area contributed by atoms with Gasteiger partial charge >= 0.3 is 0 Å². The predicted molar refractivity (Wildman–Crippen MR) is 59.6 cm³/mol. The van der Waals surface area contributed by atoms with Gasteiger partial charge in [0.2, 0.25) is 0 Å². The van der Waals surface area contributed by atoms with Gasteiger partial charge in [0.1, 0.15) is 0 Å². The van der Waals surface area contributed by atoms with Gasteiger partial charge in [-0.15, -0.1) is 0 Å². The van der Waals surface area contributed by atoms with Crippen molar-refractivity contribution in [2.24, 2.45) is 0 Å². The Bertz CT molecular complexity index is 153. The van der Waals surface area contributed by atoms with Gasteiger partial charge in [0.15, 0.2) is 0 Å². The van der Waals surface area contributed by atoms with E-state index in [1.165, 1.54) is 6.42 Å². The zero-order valence-corrected chi connectivity index (χ0v) is 9.81. The predicted octanol–water partition coefficient (Wildman–Crippen LogP) is 1.10. The molecule has 0 bridgehead atoms. The molecule has 0 saturated carbocycles. The van der Waals surface area contributed by atoms with E-state index >= 15 is 0 Å². The van der Waals surface area contributed by atoms with Crippen LogP contribution in [0.5, 0.6) is 0 Å². The minimum absolute atomic E-state index is 0.284. The first-order valence-corrected chi connectivity index (χ1v) is 5.69. The molecule has 3 heteroatoms. The molecule has 1 aliphatic rings. The van der Waals surface area contributed by atoms with Crippen molar-refractivity contribution in [2.45, 2.75) is 32.7 Å². The van der Waals surface area contributed by atoms with Crippen LogP contribution >= 0.6 is 0 Å². The van der Waals surface area contributed by atoms with Crippen LogP contribution in [0.4, 0.5) is 0 Å². The highest BCUT2D eigenvalue weighted by molar-refractivity contribution is 4.76. The van der Waals surface area contributed by atoms with Crippen LogP contribution in [0.15, 0.2) is 0 Å². The molecule has 1 aliphatic heterocycles. The number of ether oxygens (including phenoxy) is 1. The lowest BCUT2D eigenvalue weighted by molar-refractivity contribution is 0.0376. The van der Waals surface area contributed by atoms with E-state index in [0.29, 0.717) is 0 Å². The minimum Gasteiger partial charge on any atom is -0.379 e. The lowest BCUT2D eigenvalue weighted by Gasteiger charge is -2.30. The van der Waals surface area contributed by atoms with E-state index in [-0.39, 0.29) is 5.54 Å². The lowest BCUT2D eigenvalue weighted by atomic mass is 10.0. The van der Waals surface area contributed by atoms with Crippen molar-refractivity contribution < 1.29 is 4.74 Å². The fraction of sp³-hybridized carbons (Fsp3) is 1.00. The Morgan fingerprint density at radius 2 is 1.93 bits per heavy atom. The van der Waals surface area contributed by atoms with Gasteiger partial charge in [-0.3, -0.25) is 4.90 Å². The monoisotopic (exact) mass is 200 g/mol. The largest absolute Gasteiger partial charge is 0.379 e. The quantitative estimate of drug-likeness (QED) is 0.719. The van der Waals surface area contributed by atoms with Crippen LogP contribution in [0.1, 0.15) is 27.2 Å². The van der Waals surface area contributed by atoms with Crippen LogP contribution in [0, 0.1) is 0 Å². The maximum absolute atomic E-state index is 5.31. The Balaban J connectivity index is 2.08. The Morgan fingerprint density at radius 1 is 1.29 bits per heavy atom. The fourth-order valence-corrected chi connectivity index (χ4v) is 1.50. The molecule has 1 rings (SSSR count). The molecule has 1 N–H and O–H groups in total. The molecule has 1 fully saturated rings. The summed E-state index contributed by atoms with van der Waals surface area (Å²) in [6.07, 6.45) is 1.18. The Morgan fingerprint density at radius 3 is 2.50 bits per heavy atom. The van der Waals surface area contributed by atoms with Crippen LogP contribution in [-0.2, 0) is 4.74 Å². The highest BCUT2D eigenvalue weighted by Crippen LogP contribution is 2.06. The fourth-order valence-electron chi connectivity index (χ4n) is 1.50. The molecule has 0 unspecified atom stereocenters. The number of nitrogens with zero attached hydrogens (tertiary/aromatic N) is 1. The van der Waals surface area contributed by atoms with Crippen molar-refractivity contribution in [1.29, 1.82) is 0 Å². The van der Waals surface area contributed by atoms with Crippen LogP contribution in [0.25, 0.3) is 0 Å². The number of morpholine rings is 1. The summed E-state index contributed by atoms with van der Waals surface area (Å²) < 4.78 is 5.31. The van der Waals surface area contributed by atoms with Gasteiger partial charge in [0, 0.05) is 31.7 Å². The van der Waals surface area contributed by atoms with E-state index in [1.54, 1.807) is 0 Å². The zero-order valence-electron chi connectivity index (χ0n) is 9.81. The topological polar surface area (TPSA) is 24.5 Å². The number of nitrogens with one attached hydrogen (secondary N) is 1. The highest BCUT2D eigenvalue weighted by Gasteiger charge is 2.14. The van der Waals surface area contributed by atoms with Crippen LogP contribution in [0.3, 0.4) is 0 Å². The van der Waals surface area contributed by atoms with Crippen molar-refractivity contribution >= 4 is 0 Å². The van der Waals surface area contributed by atoms with Gasteiger partial charge in [-0.2, -0.15) is 0 Å². The third kappa shape index (κ3) is 4.40. The molecule has 1 saturated heterocycles. The van der Waals surface area contributed by atoms with Gasteiger partial charge in [-0.05, 0) is 20.3 Å². The SMILES string of the molecule is CCC(C)(C)NCCN1CCOCC1. The normalized spacial score (nSPS) is 19.9. The standard InChI is InChI=1S/C11H24N2O/c1-4-11(2,3)12-5-6-13-7-9-14-10-8-13/h12H,4-10H2,1-3H3. The molecule has 84 valence electrons. The van der Waals surface area contributed by atoms with E-state index < -0.39 is 0 Å². The summed E-state index contributed by atoms with van der Waals surface area (Å²) in [4.78, 5) is 2.46. The second kappa shape index (κ2) is 5.69. The second-order valence-corrected chi connectivity index (χ2v) is 4.62. The summed E-state index contributed by atoms with van der Waals surface area (Å²) in [7, 11) is 0. The van der Waals surface area contributed by atoms with E-state index in [1.807, 2.05) is 0 Å². The smallest absolute Gasteiger partial charge is 0.0594 e. The van der Waals surface area contributed by atoms with E-state index in [2.05, 4.69) is 31.0 Å². The van der Waals surface area contributed by atoms with Crippen molar-refractivity contribution in [1.82, 2.24) is 10.2 Å². The van der Waals surface area contributed by atoms with Gasteiger partial charge in [-0.1, -0.05) is 6.92 Å². The lowest BCUT2D eigenvalue weighted by Crippen LogP contribution is -2.45. The minimum atomic E-state index is 0.284. The highest BCUT2D eigenvalue weighted by atomic mass is 16.5. The van der Waals surface area contributed by atoms with E-state index in [9.17, 15) is 0 Å². The average Bonchev–Trinajstić information content (AvgIpc) is 2.19. The Labute approximate surface area is 87.8 Å². The summed E-state index contributed by atoms with van der Waals surface area (Å²) in [6.45, 7) is 12.9. The molecule has 0 aliphatic carbocycles. The molecular weight excluding hydrogens is 176 g/mol. The summed E-state index contributed by atoms with van der Waals surface area (Å²) >= 11 is 0. The molecule has 3 nitrogen and oxygen atoms in total. The maximum atomic E-state index is 5.31. The van der Waals surface area contributed by atoms with Crippen molar-refractivity contribution in [3.63, 3.8) is 0 Å². The molecular formula is C11H24N2O. The molecule has 0 amide bonds. The number of hydrogen-bond acceptors (Lipinski definition) is 3. The number of hydrogen-bond donors (Lipinski definition) is 1. The molecule has 0 aromatic heterocycles. The van der Waals surface area contributed by atoms with Gasteiger partial charge in [0.05, 0.1) is 13.2 Å². The van der Waals surface area contributed by atoms with Crippen LogP contribution in [-0.4, -0.2) is 49.8 Å². The van der Waals surface area contributed by atoms with Crippen molar-refractivity contribution in [3.05, 3.63) is 0 Å². The van der Waals surface area contributed by atoms with Crippen LogP contribution < -0.4 is 5.32 Å². The van der Waals surface area contributed by atoms with Gasteiger partial charge in [0.25, 0.3) is 0 Å². The van der Waals surface area contributed by atoms with E-state index in [4.69, 9.17) is 4.74 Å². The maximum Gasteiger partial charge on any atom is 0.0594 e. The summed E-state index contributed by atoms with van der Waals surface area (Å²) in [5, 5.41) is 3.57. The zero-order chi connectivity index (χ0) is 10.4. The number of rotatable bonds is 5. The molecule has 1 heterocycles. The average molecular weight is 200 g/mol. The third-order valence-electron chi connectivity index (χ3n) is 3.02. The molecule has 0 atom stereocenters. The molecule has 14 heavy (non-hydrogen) atoms. The van der Waals surface area contributed by atoms with Crippen molar-refractivity contribution in [2.75, 3.05) is 39.4 Å². The summed E-state index contributed by atoms with van der Waals surface area (Å²) in [6, 6.07) is 0. The first-order chi connectivity index (χ1) is 6.64. The Hall–Kier alpha value is -0.120. The van der Waals surface area contributed by atoms with Crippen LogP contribution in [0.2, 0.25) is 0 Å². The first-order valence-electron chi connectivity index (χ1n) is 5.69. The van der Waals surface area contributed by atoms with Gasteiger partial charge < -0.3 is 10.1 Å². The first kappa shape index (κ1) is 12.0. The molecule has 0 radical (unpaired) electrons. The van der Waals surface area contributed by atoms with E-state index in [0.717, 1.165) is 39.4 Å². The summed E-state index contributed by atoms with van der Waals surface area (Å²) in [5.41, 5.74) is 0.284. The van der Waals surface area contributed by atoms with Gasteiger partial charge in [-0.25, -0.2) is 0 Å². The third-order valence-corrected chi connectivity index (χ3v) is 3.02. The second-order valence-electron chi connectivity index (χ2n) is 4.62.